The topological polar surface area (TPSA) is 180 Å². The van der Waals surface area contributed by atoms with Crippen molar-refractivity contribution in [1.29, 1.82) is 0 Å². The fourth-order valence-corrected chi connectivity index (χ4v) is 5.61. The minimum atomic E-state index is -0.518. The summed E-state index contributed by atoms with van der Waals surface area (Å²) in [5.74, 6) is -1.50. The predicted octanol–water partition coefficient (Wildman–Crippen LogP) is 0.652. The summed E-state index contributed by atoms with van der Waals surface area (Å²) in [5, 5.41) is 8.62. The smallest absolute Gasteiger partial charge is 0.256 e. The van der Waals surface area contributed by atoms with Crippen LogP contribution >= 0.6 is 0 Å². The molecule has 2 aromatic rings. The number of primary amides is 1. The number of hydrogen-bond acceptors (Lipinski definition) is 9. The molecule has 14 nitrogen and oxygen atoms in total. The van der Waals surface area contributed by atoms with Crippen molar-refractivity contribution in [3.8, 4) is 0 Å². The molecule has 6 N–H and O–H groups in total. The van der Waals surface area contributed by atoms with Crippen LogP contribution in [0.3, 0.4) is 0 Å². The van der Waals surface area contributed by atoms with Gasteiger partial charge in [0.2, 0.25) is 11.8 Å². The standard InChI is InChI=1S/C33H46FN7O7/c1-22-28(19-26-25-18-24(34)4-5-27(25)39-32(26)44)38-23(2)31(22)33(45)37-6-3-8-40-9-11-41(12-10-40)20-30(43)36-7-13-46-14-15-47-16-17-48-21-29(35)42/h4-5,18-19,38H,3,6-17,20-21H2,1-2H3,(H2,35,42)(H,36,43)(H,37,45)(H,39,44)/b26-19-. The number of hydrogen-bond donors (Lipinski definition) is 5. The van der Waals surface area contributed by atoms with Crippen LogP contribution in [0.2, 0.25) is 0 Å². The van der Waals surface area contributed by atoms with Gasteiger partial charge in [-0.2, -0.15) is 0 Å². The number of nitrogens with two attached hydrogens (primary N) is 1. The van der Waals surface area contributed by atoms with E-state index in [1.165, 1.54) is 18.2 Å². The minimum absolute atomic E-state index is 0.0440. The van der Waals surface area contributed by atoms with E-state index in [-0.39, 0.29) is 30.9 Å². The molecule has 4 amide bonds. The zero-order valence-electron chi connectivity index (χ0n) is 27.6. The van der Waals surface area contributed by atoms with E-state index in [2.05, 4.69) is 30.7 Å². The monoisotopic (exact) mass is 671 g/mol. The molecule has 262 valence electrons. The molecule has 0 aliphatic carbocycles. The molecule has 1 aromatic heterocycles. The van der Waals surface area contributed by atoms with Crippen LogP contribution in [0.15, 0.2) is 18.2 Å². The number of aromatic nitrogens is 1. The van der Waals surface area contributed by atoms with Gasteiger partial charge in [0.05, 0.1) is 50.7 Å². The van der Waals surface area contributed by atoms with E-state index in [4.69, 9.17) is 19.9 Å². The number of amides is 4. The number of ether oxygens (including phenoxy) is 3. The van der Waals surface area contributed by atoms with Gasteiger partial charge in [0.25, 0.3) is 11.8 Å². The van der Waals surface area contributed by atoms with Crippen LogP contribution < -0.4 is 21.7 Å². The number of carbonyl (C=O) groups is 4. The van der Waals surface area contributed by atoms with Crippen molar-refractivity contribution < 1.29 is 37.8 Å². The van der Waals surface area contributed by atoms with Crippen molar-refractivity contribution in [3.05, 3.63) is 52.1 Å². The Bertz CT molecular complexity index is 1470. The fourth-order valence-electron chi connectivity index (χ4n) is 5.61. The number of nitrogens with one attached hydrogen (secondary N) is 4. The summed E-state index contributed by atoms with van der Waals surface area (Å²) in [6.07, 6.45) is 2.44. The SMILES string of the molecule is Cc1[nH]c(/C=C2\C(=O)Nc3ccc(F)cc32)c(C)c1C(=O)NCCCN1CCN(CC(=O)NCCOCCOCCOCC(N)=O)CC1. The lowest BCUT2D eigenvalue weighted by molar-refractivity contribution is -0.123. The van der Waals surface area contributed by atoms with Gasteiger partial charge in [-0.1, -0.05) is 0 Å². The Labute approximate surface area is 279 Å². The molecule has 0 spiro atoms. The number of rotatable bonds is 19. The molecular formula is C33H46FN7O7. The quantitative estimate of drug-likeness (QED) is 0.106. The van der Waals surface area contributed by atoms with E-state index < -0.39 is 11.7 Å². The molecule has 4 rings (SSSR count). The van der Waals surface area contributed by atoms with Gasteiger partial charge in [-0.05, 0) is 56.7 Å². The largest absolute Gasteiger partial charge is 0.377 e. The summed E-state index contributed by atoms with van der Waals surface area (Å²) < 4.78 is 29.6. The highest BCUT2D eigenvalue weighted by Crippen LogP contribution is 2.34. The molecule has 2 aliphatic rings. The Morgan fingerprint density at radius 1 is 0.958 bits per heavy atom. The second-order valence-electron chi connectivity index (χ2n) is 11.7. The second-order valence-corrected chi connectivity index (χ2v) is 11.7. The number of piperazine rings is 1. The Morgan fingerprint density at radius 3 is 2.38 bits per heavy atom. The zero-order chi connectivity index (χ0) is 34.5. The van der Waals surface area contributed by atoms with E-state index in [9.17, 15) is 23.6 Å². The van der Waals surface area contributed by atoms with Crippen LogP contribution in [0.1, 0.15) is 39.3 Å². The van der Waals surface area contributed by atoms with Crippen molar-refractivity contribution in [1.82, 2.24) is 25.4 Å². The minimum Gasteiger partial charge on any atom is -0.377 e. The average Bonchev–Trinajstić information content (AvgIpc) is 3.51. The molecule has 15 heteroatoms. The lowest BCUT2D eigenvalue weighted by Gasteiger charge is -2.34. The number of aromatic amines is 1. The summed E-state index contributed by atoms with van der Waals surface area (Å²) >= 11 is 0. The van der Waals surface area contributed by atoms with E-state index in [0.29, 0.717) is 79.8 Å². The number of benzene rings is 1. The van der Waals surface area contributed by atoms with Gasteiger partial charge >= 0.3 is 0 Å². The van der Waals surface area contributed by atoms with Gasteiger partial charge in [0, 0.05) is 61.9 Å². The second kappa shape index (κ2) is 18.4. The first-order chi connectivity index (χ1) is 23.1. The van der Waals surface area contributed by atoms with Crippen LogP contribution in [-0.2, 0) is 28.6 Å². The molecular weight excluding hydrogens is 625 g/mol. The third-order valence-electron chi connectivity index (χ3n) is 8.08. The summed E-state index contributed by atoms with van der Waals surface area (Å²) in [6, 6.07) is 4.16. The predicted molar refractivity (Wildman–Crippen MR) is 178 cm³/mol. The number of nitrogens with zero attached hydrogens (tertiary/aromatic N) is 2. The maximum atomic E-state index is 13.8. The maximum absolute atomic E-state index is 13.8. The fraction of sp³-hybridized carbons (Fsp3) is 0.515. The lowest BCUT2D eigenvalue weighted by Crippen LogP contribution is -2.50. The summed E-state index contributed by atoms with van der Waals surface area (Å²) in [4.78, 5) is 56.1. The number of H-pyrrole nitrogens is 1. The zero-order valence-corrected chi connectivity index (χ0v) is 27.6. The third-order valence-corrected chi connectivity index (χ3v) is 8.08. The van der Waals surface area contributed by atoms with E-state index in [1.54, 1.807) is 6.08 Å². The Kier molecular flexibility index (Phi) is 14.1. The van der Waals surface area contributed by atoms with Crippen LogP contribution in [-0.4, -0.2) is 130 Å². The molecule has 1 saturated heterocycles. The highest BCUT2D eigenvalue weighted by molar-refractivity contribution is 6.34. The number of carbonyl (C=O) groups excluding carboxylic acids is 4. The molecule has 0 saturated carbocycles. The molecule has 1 fully saturated rings. The normalized spacial score (nSPS) is 15.8. The Morgan fingerprint density at radius 2 is 1.65 bits per heavy atom. The van der Waals surface area contributed by atoms with Crippen molar-refractivity contribution in [2.45, 2.75) is 20.3 Å². The third kappa shape index (κ3) is 11.0. The van der Waals surface area contributed by atoms with Crippen molar-refractivity contribution in [2.24, 2.45) is 5.73 Å². The van der Waals surface area contributed by atoms with Crippen molar-refractivity contribution >= 4 is 41.0 Å². The Balaban J connectivity index is 1.07. The molecule has 0 radical (unpaired) electrons. The lowest BCUT2D eigenvalue weighted by atomic mass is 10.0. The van der Waals surface area contributed by atoms with E-state index >= 15 is 0 Å². The summed E-state index contributed by atoms with van der Waals surface area (Å²) in [7, 11) is 0. The van der Waals surface area contributed by atoms with Crippen molar-refractivity contribution in [3.63, 3.8) is 0 Å². The first-order valence-corrected chi connectivity index (χ1v) is 16.2. The molecule has 0 unspecified atom stereocenters. The Hall–Kier alpha value is -4.15. The molecule has 0 bridgehead atoms. The van der Waals surface area contributed by atoms with Gasteiger partial charge in [0.1, 0.15) is 12.4 Å². The van der Waals surface area contributed by atoms with Crippen molar-refractivity contribution in [2.75, 3.05) is 97.3 Å². The maximum Gasteiger partial charge on any atom is 0.256 e. The van der Waals surface area contributed by atoms with Crippen LogP contribution in [0.25, 0.3) is 11.6 Å². The van der Waals surface area contributed by atoms with E-state index in [1.807, 2.05) is 13.8 Å². The highest BCUT2D eigenvalue weighted by atomic mass is 19.1. The first kappa shape index (κ1) is 36.7. The van der Waals surface area contributed by atoms with Gasteiger partial charge in [-0.15, -0.1) is 0 Å². The average molecular weight is 672 g/mol. The van der Waals surface area contributed by atoms with Crippen LogP contribution in [0.4, 0.5) is 10.1 Å². The molecule has 3 heterocycles. The number of halogens is 1. The molecule has 1 aromatic carbocycles. The van der Waals surface area contributed by atoms with Gasteiger partial charge < -0.3 is 45.8 Å². The van der Waals surface area contributed by atoms with Crippen LogP contribution in [0, 0.1) is 19.7 Å². The molecule has 2 aliphatic heterocycles. The number of anilines is 1. The number of fused-ring (bicyclic) bond motifs is 1. The first-order valence-electron chi connectivity index (χ1n) is 16.2. The van der Waals surface area contributed by atoms with Crippen LogP contribution in [0.5, 0.6) is 0 Å². The van der Waals surface area contributed by atoms with Gasteiger partial charge in [-0.25, -0.2) is 4.39 Å². The summed E-state index contributed by atoms with van der Waals surface area (Å²) in [5.41, 5.74) is 8.93. The van der Waals surface area contributed by atoms with E-state index in [0.717, 1.165) is 44.7 Å². The molecule has 0 atom stereocenters. The molecule has 48 heavy (non-hydrogen) atoms. The highest BCUT2D eigenvalue weighted by Gasteiger charge is 2.26. The van der Waals surface area contributed by atoms with Gasteiger partial charge in [-0.3, -0.25) is 24.1 Å². The summed E-state index contributed by atoms with van der Waals surface area (Å²) in [6.45, 7) is 10.6. The van der Waals surface area contributed by atoms with Gasteiger partial charge in [0.15, 0.2) is 0 Å². The number of aryl methyl sites for hydroxylation is 1.